The van der Waals surface area contributed by atoms with Crippen molar-refractivity contribution in [3.63, 3.8) is 0 Å². The quantitative estimate of drug-likeness (QED) is 0.681. The summed E-state index contributed by atoms with van der Waals surface area (Å²) in [5.41, 5.74) is 2.88. The number of methoxy groups -OCH3 is 1. The third kappa shape index (κ3) is 5.29. The van der Waals surface area contributed by atoms with E-state index in [1.165, 1.54) is 24.0 Å². The topological polar surface area (TPSA) is 21.3 Å². The fourth-order valence-electron chi connectivity index (χ4n) is 1.76. The van der Waals surface area contributed by atoms with E-state index in [4.69, 9.17) is 4.74 Å². The summed E-state index contributed by atoms with van der Waals surface area (Å²) >= 11 is 0. The standard InChI is InChI=1S/C14H23NO/c1-3-5-13-6-4-7-14(12-13)8-9-15-10-11-16-2/h4,6-7,12,15H,3,5,8-11H2,1-2H3. The Balaban J connectivity index is 2.27. The van der Waals surface area contributed by atoms with E-state index in [0.29, 0.717) is 0 Å². The van der Waals surface area contributed by atoms with Crippen molar-refractivity contribution < 1.29 is 4.74 Å². The maximum atomic E-state index is 4.98. The lowest BCUT2D eigenvalue weighted by Crippen LogP contribution is -2.21. The molecule has 0 saturated carbocycles. The van der Waals surface area contributed by atoms with Gasteiger partial charge in [-0.15, -0.1) is 0 Å². The van der Waals surface area contributed by atoms with Crippen LogP contribution in [0.2, 0.25) is 0 Å². The first-order valence-electron chi connectivity index (χ1n) is 6.14. The van der Waals surface area contributed by atoms with E-state index in [0.717, 1.165) is 26.1 Å². The zero-order valence-electron chi connectivity index (χ0n) is 10.5. The SMILES string of the molecule is CCCc1cccc(CCNCCOC)c1. The second-order valence-electron chi connectivity index (χ2n) is 4.06. The number of hydrogen-bond acceptors (Lipinski definition) is 2. The van der Waals surface area contributed by atoms with Crippen LogP contribution in [-0.4, -0.2) is 26.8 Å². The number of hydrogen-bond donors (Lipinski definition) is 1. The molecule has 0 radical (unpaired) electrons. The summed E-state index contributed by atoms with van der Waals surface area (Å²) < 4.78 is 4.98. The third-order valence-corrected chi connectivity index (χ3v) is 2.60. The molecule has 0 aliphatic heterocycles. The van der Waals surface area contributed by atoms with Crippen LogP contribution in [0.1, 0.15) is 24.5 Å². The van der Waals surface area contributed by atoms with Crippen molar-refractivity contribution in [2.75, 3.05) is 26.8 Å². The summed E-state index contributed by atoms with van der Waals surface area (Å²) in [6.07, 6.45) is 3.50. The van der Waals surface area contributed by atoms with Crippen LogP contribution < -0.4 is 5.32 Å². The molecule has 1 aromatic rings. The monoisotopic (exact) mass is 221 g/mol. The van der Waals surface area contributed by atoms with Crippen LogP contribution in [0.15, 0.2) is 24.3 Å². The van der Waals surface area contributed by atoms with Gasteiger partial charge in [-0.2, -0.15) is 0 Å². The highest BCUT2D eigenvalue weighted by molar-refractivity contribution is 5.23. The molecule has 0 fully saturated rings. The van der Waals surface area contributed by atoms with Gasteiger partial charge in [0.2, 0.25) is 0 Å². The summed E-state index contributed by atoms with van der Waals surface area (Å²) in [7, 11) is 1.73. The highest BCUT2D eigenvalue weighted by Gasteiger charge is 1.95. The predicted molar refractivity (Wildman–Crippen MR) is 68.9 cm³/mol. The minimum atomic E-state index is 0.788. The second-order valence-corrected chi connectivity index (χ2v) is 4.06. The number of benzene rings is 1. The van der Waals surface area contributed by atoms with Gasteiger partial charge in [0.05, 0.1) is 6.61 Å². The first-order valence-corrected chi connectivity index (χ1v) is 6.14. The molecule has 0 amide bonds. The molecule has 0 saturated heterocycles. The molecule has 0 spiro atoms. The van der Waals surface area contributed by atoms with Crippen LogP contribution in [0.25, 0.3) is 0 Å². The average Bonchev–Trinajstić information content (AvgIpc) is 2.30. The van der Waals surface area contributed by atoms with Crippen LogP contribution in [0, 0.1) is 0 Å². The predicted octanol–water partition coefficient (Wildman–Crippen LogP) is 2.42. The summed E-state index contributed by atoms with van der Waals surface area (Å²) in [4.78, 5) is 0. The Morgan fingerprint density at radius 1 is 1.12 bits per heavy atom. The largest absolute Gasteiger partial charge is 0.383 e. The molecule has 2 nitrogen and oxygen atoms in total. The molecular formula is C14H23NO. The summed E-state index contributed by atoms with van der Waals surface area (Å²) in [6, 6.07) is 8.90. The number of nitrogens with one attached hydrogen (secondary N) is 1. The van der Waals surface area contributed by atoms with Crippen LogP contribution >= 0.6 is 0 Å². The lowest BCUT2D eigenvalue weighted by atomic mass is 10.1. The molecule has 1 aromatic carbocycles. The zero-order chi connectivity index (χ0) is 11.6. The Hall–Kier alpha value is -0.860. The third-order valence-electron chi connectivity index (χ3n) is 2.60. The first-order chi connectivity index (χ1) is 7.86. The molecule has 90 valence electrons. The Morgan fingerprint density at radius 3 is 2.56 bits per heavy atom. The Labute approximate surface area is 99.0 Å². The molecule has 1 rings (SSSR count). The molecule has 2 heteroatoms. The second kappa shape index (κ2) is 8.31. The smallest absolute Gasteiger partial charge is 0.0587 e. The molecule has 0 aliphatic carbocycles. The molecule has 0 aliphatic rings. The van der Waals surface area contributed by atoms with E-state index in [-0.39, 0.29) is 0 Å². The Morgan fingerprint density at radius 2 is 1.88 bits per heavy atom. The van der Waals surface area contributed by atoms with Crippen molar-refractivity contribution in [2.45, 2.75) is 26.2 Å². The minimum Gasteiger partial charge on any atom is -0.383 e. The first kappa shape index (κ1) is 13.2. The number of rotatable bonds is 8. The van der Waals surface area contributed by atoms with Crippen molar-refractivity contribution in [2.24, 2.45) is 0 Å². The molecule has 0 heterocycles. The molecule has 0 bridgehead atoms. The van der Waals surface area contributed by atoms with Crippen LogP contribution in [0.3, 0.4) is 0 Å². The lowest BCUT2D eigenvalue weighted by Gasteiger charge is -2.06. The van der Waals surface area contributed by atoms with Crippen molar-refractivity contribution >= 4 is 0 Å². The van der Waals surface area contributed by atoms with Crippen molar-refractivity contribution in [1.29, 1.82) is 0 Å². The van der Waals surface area contributed by atoms with Gasteiger partial charge in [-0.3, -0.25) is 0 Å². The van der Waals surface area contributed by atoms with Gasteiger partial charge < -0.3 is 10.1 Å². The van der Waals surface area contributed by atoms with Crippen molar-refractivity contribution in [3.8, 4) is 0 Å². The van der Waals surface area contributed by atoms with E-state index in [1.54, 1.807) is 7.11 Å². The normalized spacial score (nSPS) is 10.6. The van der Waals surface area contributed by atoms with Gasteiger partial charge in [-0.1, -0.05) is 37.6 Å². The van der Waals surface area contributed by atoms with Gasteiger partial charge in [0.1, 0.15) is 0 Å². The highest BCUT2D eigenvalue weighted by Crippen LogP contribution is 2.07. The maximum Gasteiger partial charge on any atom is 0.0587 e. The molecule has 1 N–H and O–H groups in total. The van der Waals surface area contributed by atoms with E-state index in [9.17, 15) is 0 Å². The molecule has 16 heavy (non-hydrogen) atoms. The van der Waals surface area contributed by atoms with Crippen molar-refractivity contribution in [3.05, 3.63) is 35.4 Å². The van der Waals surface area contributed by atoms with Crippen LogP contribution in [0.5, 0.6) is 0 Å². The summed E-state index contributed by atoms with van der Waals surface area (Å²) in [6.45, 7) is 4.97. The van der Waals surface area contributed by atoms with Gasteiger partial charge in [0, 0.05) is 13.7 Å². The lowest BCUT2D eigenvalue weighted by molar-refractivity contribution is 0.199. The Kier molecular flexibility index (Phi) is 6.86. The Bertz CT molecular complexity index is 286. The van der Waals surface area contributed by atoms with E-state index in [2.05, 4.69) is 36.5 Å². The van der Waals surface area contributed by atoms with E-state index >= 15 is 0 Å². The number of ether oxygens (including phenoxy) is 1. The fraction of sp³-hybridized carbons (Fsp3) is 0.571. The minimum absolute atomic E-state index is 0.788. The zero-order valence-corrected chi connectivity index (χ0v) is 10.5. The van der Waals surface area contributed by atoms with E-state index in [1.807, 2.05) is 0 Å². The maximum absolute atomic E-state index is 4.98. The van der Waals surface area contributed by atoms with Gasteiger partial charge in [0.25, 0.3) is 0 Å². The molecular weight excluding hydrogens is 198 g/mol. The molecule has 0 aromatic heterocycles. The number of aryl methyl sites for hydroxylation is 1. The van der Waals surface area contributed by atoms with Crippen LogP contribution in [0.4, 0.5) is 0 Å². The fourth-order valence-corrected chi connectivity index (χ4v) is 1.76. The van der Waals surface area contributed by atoms with Gasteiger partial charge in [-0.05, 0) is 30.5 Å². The summed E-state index contributed by atoms with van der Waals surface area (Å²) in [5, 5.41) is 3.36. The average molecular weight is 221 g/mol. The molecule has 0 atom stereocenters. The van der Waals surface area contributed by atoms with Gasteiger partial charge in [0.15, 0.2) is 0 Å². The summed E-state index contributed by atoms with van der Waals surface area (Å²) in [5.74, 6) is 0. The van der Waals surface area contributed by atoms with Crippen molar-refractivity contribution in [1.82, 2.24) is 5.32 Å². The van der Waals surface area contributed by atoms with E-state index < -0.39 is 0 Å². The van der Waals surface area contributed by atoms with Gasteiger partial charge >= 0.3 is 0 Å². The van der Waals surface area contributed by atoms with Crippen LogP contribution in [-0.2, 0) is 17.6 Å². The highest BCUT2D eigenvalue weighted by atomic mass is 16.5. The molecule has 0 unspecified atom stereocenters. The van der Waals surface area contributed by atoms with Gasteiger partial charge in [-0.25, -0.2) is 0 Å².